The fraction of sp³-hybridized carbons (Fsp3) is 0. The van der Waals surface area contributed by atoms with Gasteiger partial charge in [-0.15, -0.1) is 11.3 Å². The average molecular weight is 691 g/mol. The highest BCUT2D eigenvalue weighted by Gasteiger charge is 2.17. The molecule has 246 valence electrons. The number of fused-ring (bicyclic) bond motifs is 11. The van der Waals surface area contributed by atoms with Crippen LogP contribution in [-0.2, 0) is 0 Å². The zero-order valence-electron chi connectivity index (χ0n) is 28.6. The summed E-state index contributed by atoms with van der Waals surface area (Å²) in [5.41, 5.74) is 8.70. The Bertz CT molecular complexity index is 3200. The molecule has 2 nitrogen and oxygen atoms in total. The van der Waals surface area contributed by atoms with Gasteiger partial charge in [0.2, 0.25) is 0 Å². The molecule has 0 unspecified atom stereocenters. The van der Waals surface area contributed by atoms with Crippen molar-refractivity contribution < 1.29 is 0 Å². The predicted octanol–water partition coefficient (Wildman–Crippen LogP) is 14.1. The van der Waals surface area contributed by atoms with E-state index in [4.69, 9.17) is 9.97 Å². The predicted molar refractivity (Wildman–Crippen MR) is 227 cm³/mol. The number of hydrogen-bond acceptors (Lipinski definition) is 3. The summed E-state index contributed by atoms with van der Waals surface area (Å²) in [6, 6.07) is 65.6. The van der Waals surface area contributed by atoms with E-state index in [0.717, 1.165) is 44.7 Å². The Morgan fingerprint density at radius 3 is 1.51 bits per heavy atom. The van der Waals surface area contributed by atoms with Gasteiger partial charge in [0.1, 0.15) is 0 Å². The van der Waals surface area contributed by atoms with Crippen molar-refractivity contribution in [3.63, 3.8) is 0 Å². The van der Waals surface area contributed by atoms with Crippen molar-refractivity contribution in [2.45, 2.75) is 0 Å². The van der Waals surface area contributed by atoms with Crippen LogP contribution in [0, 0.1) is 0 Å². The van der Waals surface area contributed by atoms with E-state index < -0.39 is 0 Å². The van der Waals surface area contributed by atoms with Gasteiger partial charge in [0.05, 0.1) is 11.2 Å². The Labute approximate surface area is 310 Å². The summed E-state index contributed by atoms with van der Waals surface area (Å²) < 4.78 is 2.51. The summed E-state index contributed by atoms with van der Waals surface area (Å²) in [7, 11) is 0. The first-order valence-electron chi connectivity index (χ1n) is 18.0. The molecular formula is C50H30N2S. The van der Waals surface area contributed by atoms with Gasteiger partial charge in [0.25, 0.3) is 0 Å². The third kappa shape index (κ3) is 4.86. The van der Waals surface area contributed by atoms with Gasteiger partial charge in [0, 0.05) is 36.7 Å². The third-order valence-electron chi connectivity index (χ3n) is 10.6. The lowest BCUT2D eigenvalue weighted by Gasteiger charge is -2.13. The maximum absolute atomic E-state index is 5.35. The minimum absolute atomic E-state index is 0.728. The molecule has 0 aliphatic carbocycles. The van der Waals surface area contributed by atoms with Crippen LogP contribution in [0.1, 0.15) is 0 Å². The molecule has 0 saturated carbocycles. The molecule has 2 aromatic heterocycles. The molecule has 2 heterocycles. The summed E-state index contributed by atoms with van der Waals surface area (Å²) in [5, 5.41) is 11.2. The maximum Gasteiger partial charge on any atom is 0.160 e. The summed E-state index contributed by atoms with van der Waals surface area (Å²) in [6.45, 7) is 0. The van der Waals surface area contributed by atoms with Crippen LogP contribution in [0.2, 0.25) is 0 Å². The second-order valence-electron chi connectivity index (χ2n) is 13.7. The highest BCUT2D eigenvalue weighted by Crippen LogP contribution is 2.41. The SMILES string of the molecule is c1ccc(-c2nc(-c3cccc(-c4cccc(-c5ccc6c7ccccc7c7ccccc7c6c5)c4)c3)nc3c2ccc2sc4ccccc4c23)cc1. The molecule has 0 aliphatic heterocycles. The maximum atomic E-state index is 5.35. The van der Waals surface area contributed by atoms with E-state index in [1.165, 1.54) is 63.6 Å². The molecule has 9 aromatic carbocycles. The normalized spacial score (nSPS) is 11.8. The van der Waals surface area contributed by atoms with Gasteiger partial charge >= 0.3 is 0 Å². The lowest BCUT2D eigenvalue weighted by atomic mass is 9.91. The monoisotopic (exact) mass is 690 g/mol. The molecule has 11 aromatic rings. The zero-order chi connectivity index (χ0) is 34.9. The van der Waals surface area contributed by atoms with Crippen LogP contribution >= 0.6 is 11.3 Å². The Morgan fingerprint density at radius 2 is 0.811 bits per heavy atom. The van der Waals surface area contributed by atoms with Gasteiger partial charge in [-0.2, -0.15) is 0 Å². The molecule has 0 atom stereocenters. The summed E-state index contributed by atoms with van der Waals surface area (Å²) >= 11 is 1.82. The van der Waals surface area contributed by atoms with Crippen LogP contribution in [-0.4, -0.2) is 9.97 Å². The fourth-order valence-electron chi connectivity index (χ4n) is 8.15. The highest BCUT2D eigenvalue weighted by atomic mass is 32.1. The van der Waals surface area contributed by atoms with Gasteiger partial charge in [-0.05, 0) is 91.0 Å². The van der Waals surface area contributed by atoms with Gasteiger partial charge in [-0.3, -0.25) is 0 Å². The smallest absolute Gasteiger partial charge is 0.160 e. The molecule has 0 radical (unpaired) electrons. The van der Waals surface area contributed by atoms with Crippen molar-refractivity contribution in [2.75, 3.05) is 0 Å². The summed E-state index contributed by atoms with van der Waals surface area (Å²) in [5.74, 6) is 0.728. The van der Waals surface area contributed by atoms with Crippen LogP contribution in [0.25, 0.3) is 108 Å². The van der Waals surface area contributed by atoms with Gasteiger partial charge in [-0.1, -0.05) is 146 Å². The number of rotatable bonds is 4. The molecule has 0 spiro atoms. The fourth-order valence-corrected chi connectivity index (χ4v) is 9.26. The standard InChI is InChI=1S/C50H30N2S/c1-2-12-31(13-3-1)48-43-26-27-46-47(42-22-8-9-23-45(42)53-46)49(43)52-50(51-48)36-17-11-16-34(29-36)32-14-10-15-33(28-32)35-24-25-41-39-20-5-4-18-37(39)38-19-6-7-21-40(38)44(41)30-35/h1-30H. The van der Waals surface area contributed by atoms with E-state index >= 15 is 0 Å². The largest absolute Gasteiger partial charge is 0.227 e. The van der Waals surface area contributed by atoms with Crippen molar-refractivity contribution in [3.8, 4) is 44.9 Å². The minimum Gasteiger partial charge on any atom is -0.227 e. The van der Waals surface area contributed by atoms with Crippen LogP contribution in [0.4, 0.5) is 0 Å². The van der Waals surface area contributed by atoms with E-state index in [2.05, 4.69) is 182 Å². The Balaban J connectivity index is 1.06. The number of aromatic nitrogens is 2. The molecule has 53 heavy (non-hydrogen) atoms. The molecule has 0 bridgehead atoms. The lowest BCUT2D eigenvalue weighted by molar-refractivity contribution is 1.23. The topological polar surface area (TPSA) is 25.8 Å². The summed E-state index contributed by atoms with van der Waals surface area (Å²) in [4.78, 5) is 10.6. The molecule has 3 heteroatoms. The van der Waals surface area contributed by atoms with E-state index in [1.807, 2.05) is 11.3 Å². The van der Waals surface area contributed by atoms with Crippen LogP contribution in [0.15, 0.2) is 182 Å². The summed E-state index contributed by atoms with van der Waals surface area (Å²) in [6.07, 6.45) is 0. The van der Waals surface area contributed by atoms with Crippen molar-refractivity contribution >= 4 is 74.7 Å². The van der Waals surface area contributed by atoms with Crippen LogP contribution in [0.3, 0.4) is 0 Å². The second-order valence-corrected chi connectivity index (χ2v) is 14.8. The third-order valence-corrected chi connectivity index (χ3v) is 11.8. The molecule has 0 amide bonds. The van der Waals surface area contributed by atoms with Crippen LogP contribution in [0.5, 0.6) is 0 Å². The highest BCUT2D eigenvalue weighted by molar-refractivity contribution is 7.26. The Morgan fingerprint density at radius 1 is 0.302 bits per heavy atom. The van der Waals surface area contributed by atoms with E-state index in [1.54, 1.807) is 0 Å². The van der Waals surface area contributed by atoms with Crippen LogP contribution < -0.4 is 0 Å². The van der Waals surface area contributed by atoms with E-state index in [0.29, 0.717) is 0 Å². The number of thiophene rings is 1. The van der Waals surface area contributed by atoms with Crippen molar-refractivity contribution in [1.82, 2.24) is 9.97 Å². The number of hydrogen-bond donors (Lipinski definition) is 0. The lowest BCUT2D eigenvalue weighted by Crippen LogP contribution is -1.96. The van der Waals surface area contributed by atoms with Crippen molar-refractivity contribution in [3.05, 3.63) is 182 Å². The first-order chi connectivity index (χ1) is 26.3. The molecule has 11 rings (SSSR count). The average Bonchev–Trinajstić information content (AvgIpc) is 3.63. The molecular weight excluding hydrogens is 661 g/mol. The van der Waals surface area contributed by atoms with Gasteiger partial charge < -0.3 is 0 Å². The zero-order valence-corrected chi connectivity index (χ0v) is 29.4. The van der Waals surface area contributed by atoms with E-state index in [9.17, 15) is 0 Å². The van der Waals surface area contributed by atoms with Crippen molar-refractivity contribution in [1.29, 1.82) is 0 Å². The first kappa shape index (κ1) is 30.0. The second kappa shape index (κ2) is 11.9. The first-order valence-corrected chi connectivity index (χ1v) is 18.8. The number of benzene rings is 9. The van der Waals surface area contributed by atoms with Gasteiger partial charge in [-0.25, -0.2) is 9.97 Å². The van der Waals surface area contributed by atoms with Crippen molar-refractivity contribution in [2.24, 2.45) is 0 Å². The molecule has 0 N–H and O–H groups in total. The quantitative estimate of drug-likeness (QED) is 0.172. The van der Waals surface area contributed by atoms with E-state index in [-0.39, 0.29) is 0 Å². The number of nitrogens with zero attached hydrogens (tertiary/aromatic N) is 2. The molecule has 0 saturated heterocycles. The molecule has 0 aliphatic rings. The van der Waals surface area contributed by atoms with Gasteiger partial charge in [0.15, 0.2) is 5.82 Å². The Hall–Kier alpha value is -6.68. The molecule has 0 fully saturated rings. The minimum atomic E-state index is 0.728. The Kier molecular flexibility index (Phi) is 6.76.